The number of aryl methyl sites for hydroxylation is 1. The van der Waals surface area contributed by atoms with Gasteiger partial charge in [-0.05, 0) is 37.1 Å². The molecule has 6 nitrogen and oxygen atoms in total. The summed E-state index contributed by atoms with van der Waals surface area (Å²) in [5, 5.41) is 11.9. The van der Waals surface area contributed by atoms with Gasteiger partial charge in [-0.15, -0.1) is 5.10 Å². The van der Waals surface area contributed by atoms with Crippen LogP contribution in [0.1, 0.15) is 46.0 Å². The molecular weight excluding hydrogens is 274 g/mol. The fourth-order valence-electron chi connectivity index (χ4n) is 2.75. The molecule has 1 aliphatic rings. The zero-order chi connectivity index (χ0) is 14.5. The van der Waals surface area contributed by atoms with Gasteiger partial charge in [-0.2, -0.15) is 0 Å². The minimum atomic E-state index is -0.151. The van der Waals surface area contributed by atoms with Crippen LogP contribution in [-0.4, -0.2) is 48.9 Å². The molecule has 1 unspecified atom stereocenters. The van der Waals surface area contributed by atoms with E-state index in [2.05, 4.69) is 22.4 Å². The Kier molecular flexibility index (Phi) is 5.39. The highest BCUT2D eigenvalue weighted by molar-refractivity contribution is 8.00. The molecule has 0 spiro atoms. The molecule has 1 atom stereocenters. The normalized spacial score (nSPS) is 17.9. The van der Waals surface area contributed by atoms with Gasteiger partial charge in [0.15, 0.2) is 0 Å². The molecule has 1 saturated carbocycles. The maximum Gasteiger partial charge on any atom is 0.236 e. The van der Waals surface area contributed by atoms with Crippen LogP contribution in [0, 0.1) is 0 Å². The lowest BCUT2D eigenvalue weighted by molar-refractivity contribution is -0.133. The summed E-state index contributed by atoms with van der Waals surface area (Å²) >= 11 is 1.43. The van der Waals surface area contributed by atoms with Gasteiger partial charge >= 0.3 is 0 Å². The number of rotatable bonds is 5. The van der Waals surface area contributed by atoms with Crippen LogP contribution in [0.25, 0.3) is 0 Å². The zero-order valence-corrected chi connectivity index (χ0v) is 13.3. The second-order valence-corrected chi connectivity index (χ2v) is 6.57. The maximum absolute atomic E-state index is 12.6. The molecule has 112 valence electrons. The molecule has 1 aliphatic carbocycles. The van der Waals surface area contributed by atoms with Crippen LogP contribution < -0.4 is 0 Å². The van der Waals surface area contributed by atoms with Gasteiger partial charge in [-0.1, -0.05) is 31.0 Å². The van der Waals surface area contributed by atoms with E-state index in [1.54, 1.807) is 11.7 Å². The summed E-state index contributed by atoms with van der Waals surface area (Å²) in [4.78, 5) is 14.7. The molecule has 0 aliphatic heterocycles. The average Bonchev–Trinajstić information content (AvgIpc) is 2.86. The summed E-state index contributed by atoms with van der Waals surface area (Å²) < 4.78 is 1.60. The Morgan fingerprint density at radius 1 is 1.45 bits per heavy atom. The van der Waals surface area contributed by atoms with Crippen LogP contribution in [0.4, 0.5) is 0 Å². The number of tetrazole rings is 1. The van der Waals surface area contributed by atoms with E-state index >= 15 is 0 Å². The first kappa shape index (κ1) is 15.3. The lowest BCUT2D eigenvalue weighted by atomic mass is 9.94. The smallest absolute Gasteiger partial charge is 0.236 e. The quantitative estimate of drug-likeness (QED) is 0.776. The van der Waals surface area contributed by atoms with E-state index in [-0.39, 0.29) is 11.2 Å². The Labute approximate surface area is 124 Å². The first-order valence-corrected chi connectivity index (χ1v) is 8.21. The summed E-state index contributed by atoms with van der Waals surface area (Å²) in [7, 11) is 1.79. The molecule has 1 aromatic heterocycles. The predicted molar refractivity (Wildman–Crippen MR) is 78.4 cm³/mol. The van der Waals surface area contributed by atoms with Gasteiger partial charge in [-0.3, -0.25) is 4.79 Å². The Morgan fingerprint density at radius 3 is 2.70 bits per heavy atom. The van der Waals surface area contributed by atoms with Crippen molar-refractivity contribution in [1.82, 2.24) is 25.1 Å². The Bertz CT molecular complexity index is 444. The van der Waals surface area contributed by atoms with Gasteiger partial charge in [0.05, 0.1) is 5.25 Å². The van der Waals surface area contributed by atoms with Crippen molar-refractivity contribution >= 4 is 17.7 Å². The number of hydrogen-bond donors (Lipinski definition) is 0. The highest BCUT2D eigenvalue weighted by Crippen LogP contribution is 2.26. The molecule has 1 fully saturated rings. The van der Waals surface area contributed by atoms with E-state index in [1.165, 1.54) is 31.0 Å². The Hall–Kier alpha value is -1.11. The van der Waals surface area contributed by atoms with Crippen LogP contribution in [0.2, 0.25) is 0 Å². The standard InChI is InChI=1S/C13H23N5OS/c1-4-18(11-8-6-5-7-9-11)12(19)10(2)20-13-14-15-16-17(13)3/h10-11H,4-9H2,1-3H3. The number of hydrogen-bond acceptors (Lipinski definition) is 5. The fourth-order valence-corrected chi connectivity index (χ4v) is 3.57. The van der Waals surface area contributed by atoms with Crippen molar-refractivity contribution in [3.63, 3.8) is 0 Å². The summed E-state index contributed by atoms with van der Waals surface area (Å²) in [6.45, 7) is 4.78. The van der Waals surface area contributed by atoms with Crippen molar-refractivity contribution in [1.29, 1.82) is 0 Å². The third kappa shape index (κ3) is 3.50. The van der Waals surface area contributed by atoms with Gasteiger partial charge < -0.3 is 4.90 Å². The molecule has 0 saturated heterocycles. The van der Waals surface area contributed by atoms with Crippen molar-refractivity contribution in [2.75, 3.05) is 6.54 Å². The van der Waals surface area contributed by atoms with Gasteiger partial charge in [0, 0.05) is 19.6 Å². The molecular formula is C13H23N5OS. The van der Waals surface area contributed by atoms with E-state index in [0.29, 0.717) is 11.2 Å². The number of aromatic nitrogens is 4. The first-order valence-electron chi connectivity index (χ1n) is 7.33. The maximum atomic E-state index is 12.6. The van der Waals surface area contributed by atoms with Crippen LogP contribution in [0.15, 0.2) is 5.16 Å². The third-order valence-corrected chi connectivity index (χ3v) is 4.96. The molecule has 0 aromatic carbocycles. The summed E-state index contributed by atoms with van der Waals surface area (Å²) in [6.07, 6.45) is 6.06. The van der Waals surface area contributed by atoms with Crippen molar-refractivity contribution in [3.05, 3.63) is 0 Å². The van der Waals surface area contributed by atoms with E-state index in [1.807, 2.05) is 11.8 Å². The second kappa shape index (κ2) is 7.06. The van der Waals surface area contributed by atoms with Crippen molar-refractivity contribution in [3.8, 4) is 0 Å². The number of carbonyl (C=O) groups is 1. The molecule has 1 amide bonds. The number of nitrogens with zero attached hydrogens (tertiary/aromatic N) is 5. The molecule has 20 heavy (non-hydrogen) atoms. The topological polar surface area (TPSA) is 63.9 Å². The summed E-state index contributed by atoms with van der Waals surface area (Å²) in [6, 6.07) is 0.418. The van der Waals surface area contributed by atoms with E-state index in [9.17, 15) is 4.79 Å². The van der Waals surface area contributed by atoms with E-state index in [0.717, 1.165) is 19.4 Å². The molecule has 0 N–H and O–H groups in total. The van der Waals surface area contributed by atoms with E-state index in [4.69, 9.17) is 0 Å². The average molecular weight is 297 g/mol. The van der Waals surface area contributed by atoms with Crippen molar-refractivity contribution in [2.45, 2.75) is 62.4 Å². The van der Waals surface area contributed by atoms with Crippen LogP contribution in [-0.2, 0) is 11.8 Å². The SMILES string of the molecule is CCN(C(=O)C(C)Sc1nnnn1C)C1CCCCC1. The molecule has 1 aromatic rings. The number of thioether (sulfide) groups is 1. The number of amides is 1. The Morgan fingerprint density at radius 2 is 2.15 bits per heavy atom. The molecule has 1 heterocycles. The van der Waals surface area contributed by atoms with Gasteiger partial charge in [0.1, 0.15) is 0 Å². The highest BCUT2D eigenvalue weighted by Gasteiger charge is 2.28. The summed E-state index contributed by atoms with van der Waals surface area (Å²) in [5.74, 6) is 0.201. The highest BCUT2D eigenvalue weighted by atomic mass is 32.2. The van der Waals surface area contributed by atoms with Gasteiger partial charge in [0.25, 0.3) is 0 Å². The molecule has 2 rings (SSSR count). The minimum Gasteiger partial charge on any atom is -0.339 e. The number of carbonyl (C=O) groups excluding carboxylic acids is 1. The van der Waals surface area contributed by atoms with Crippen molar-refractivity contribution in [2.24, 2.45) is 7.05 Å². The molecule has 7 heteroatoms. The monoisotopic (exact) mass is 297 g/mol. The van der Waals surface area contributed by atoms with Crippen LogP contribution >= 0.6 is 11.8 Å². The summed E-state index contributed by atoms with van der Waals surface area (Å²) in [5.41, 5.74) is 0. The lowest BCUT2D eigenvalue weighted by Gasteiger charge is -2.35. The predicted octanol–water partition coefficient (Wildman–Crippen LogP) is 1.87. The van der Waals surface area contributed by atoms with Crippen molar-refractivity contribution < 1.29 is 4.79 Å². The minimum absolute atomic E-state index is 0.151. The second-order valence-electron chi connectivity index (χ2n) is 5.26. The van der Waals surface area contributed by atoms with E-state index < -0.39 is 0 Å². The molecule has 0 radical (unpaired) electrons. The van der Waals surface area contributed by atoms with Crippen LogP contribution in [0.5, 0.6) is 0 Å². The molecule has 0 bridgehead atoms. The van der Waals surface area contributed by atoms with Gasteiger partial charge in [-0.25, -0.2) is 4.68 Å². The van der Waals surface area contributed by atoms with Gasteiger partial charge in [0.2, 0.25) is 11.1 Å². The zero-order valence-electron chi connectivity index (χ0n) is 12.4. The lowest BCUT2D eigenvalue weighted by Crippen LogP contribution is -2.44. The fraction of sp³-hybridized carbons (Fsp3) is 0.846. The Balaban J connectivity index is 1.98. The largest absolute Gasteiger partial charge is 0.339 e. The first-order chi connectivity index (χ1) is 9.63. The third-order valence-electron chi connectivity index (χ3n) is 3.85. The van der Waals surface area contributed by atoms with Crippen LogP contribution in [0.3, 0.4) is 0 Å².